The molecule has 0 spiro atoms. The summed E-state index contributed by atoms with van der Waals surface area (Å²) in [6.45, 7) is 5.98. The lowest BCUT2D eigenvalue weighted by molar-refractivity contribution is -0.688. The minimum absolute atomic E-state index is 0.0682. The summed E-state index contributed by atoms with van der Waals surface area (Å²) >= 11 is 6.27. The van der Waals surface area contributed by atoms with E-state index >= 15 is 0 Å². The number of pyridine rings is 1. The number of aromatic nitrogens is 1. The summed E-state index contributed by atoms with van der Waals surface area (Å²) in [4.78, 5) is 10.1. The van der Waals surface area contributed by atoms with Crippen LogP contribution >= 0.6 is 11.8 Å². The highest BCUT2D eigenvalue weighted by Crippen LogP contribution is 2.23. The Balaban J connectivity index is 1.91. The molecule has 5 heteroatoms. The van der Waals surface area contributed by atoms with Crippen LogP contribution in [-0.2, 0) is 11.4 Å². The van der Waals surface area contributed by atoms with Crippen LogP contribution in [0.25, 0.3) is 10.8 Å². The molecule has 4 nitrogen and oxygen atoms in total. The third-order valence-corrected chi connectivity index (χ3v) is 4.57. The van der Waals surface area contributed by atoms with E-state index in [0.29, 0.717) is 18.0 Å². The zero-order chi connectivity index (χ0) is 18.0. The molecule has 0 aliphatic carbocycles. The Morgan fingerprint density at radius 2 is 1.88 bits per heavy atom. The topological polar surface area (TPSA) is 45.4 Å². The predicted molar refractivity (Wildman–Crippen MR) is 100 cm³/mol. The molecule has 25 heavy (non-hydrogen) atoms. The van der Waals surface area contributed by atoms with Crippen molar-refractivity contribution in [2.45, 2.75) is 27.4 Å². The molecule has 128 valence electrons. The van der Waals surface area contributed by atoms with Gasteiger partial charge in [0.05, 0.1) is 4.26 Å². The molecule has 1 aromatic heterocycles. The fraction of sp³-hybridized carbons (Fsp3) is 0.200. The average molecular weight is 356 g/mol. The van der Waals surface area contributed by atoms with E-state index in [1.807, 2.05) is 26.0 Å². The van der Waals surface area contributed by atoms with Crippen LogP contribution < -0.4 is 0 Å². The van der Waals surface area contributed by atoms with Crippen molar-refractivity contribution in [2.24, 2.45) is 0 Å². The quantitative estimate of drug-likeness (QED) is 0.420. The van der Waals surface area contributed by atoms with Crippen LogP contribution in [0, 0.1) is 13.8 Å². The molecule has 0 bridgehead atoms. The first-order valence-corrected chi connectivity index (χ1v) is 8.38. The van der Waals surface area contributed by atoms with Crippen molar-refractivity contribution in [3.63, 3.8) is 0 Å². The van der Waals surface area contributed by atoms with Gasteiger partial charge in [0, 0.05) is 18.2 Å². The summed E-state index contributed by atoms with van der Waals surface area (Å²) in [6.07, 6.45) is 0. The molecule has 0 amide bonds. The Labute approximate surface area is 152 Å². The summed E-state index contributed by atoms with van der Waals surface area (Å²) in [6, 6.07) is 15.7. The highest BCUT2D eigenvalue weighted by molar-refractivity contribution is 6.10. The van der Waals surface area contributed by atoms with Gasteiger partial charge in [-0.05, 0) is 42.3 Å². The minimum Gasteiger partial charge on any atom is -0.505 e. The minimum atomic E-state index is 0.0682. The largest absolute Gasteiger partial charge is 0.505 e. The molecule has 3 aromatic rings. The maximum atomic E-state index is 10.0. The summed E-state index contributed by atoms with van der Waals surface area (Å²) in [5, 5.41) is 12.3. The van der Waals surface area contributed by atoms with Crippen LogP contribution in [0.2, 0.25) is 0 Å². The first-order valence-electron chi connectivity index (χ1n) is 8.04. The van der Waals surface area contributed by atoms with E-state index in [1.54, 1.807) is 19.1 Å². The Bertz CT molecular complexity index is 967. The van der Waals surface area contributed by atoms with Crippen molar-refractivity contribution in [3.8, 4) is 5.75 Å². The number of halogens is 1. The molecule has 0 unspecified atom stereocenters. The summed E-state index contributed by atoms with van der Waals surface area (Å²) in [5.41, 5.74) is 3.95. The molecule has 0 aliphatic heterocycles. The number of benzene rings is 2. The van der Waals surface area contributed by atoms with Crippen LogP contribution in [0.4, 0.5) is 0 Å². The molecular weight excluding hydrogens is 336 g/mol. The Morgan fingerprint density at radius 3 is 2.68 bits per heavy atom. The van der Waals surface area contributed by atoms with Crippen LogP contribution in [0.3, 0.4) is 0 Å². The normalized spacial score (nSPS) is 12.2. The highest BCUT2D eigenvalue weighted by atomic mass is 35.5. The second-order valence-electron chi connectivity index (χ2n) is 6.01. The lowest BCUT2D eigenvalue weighted by Gasteiger charge is -2.08. The highest BCUT2D eigenvalue weighted by Gasteiger charge is 2.20. The maximum absolute atomic E-state index is 10.0. The number of hydrogen-bond donors (Lipinski definition) is 1. The number of fused-ring (bicyclic) bond motifs is 1. The van der Waals surface area contributed by atoms with E-state index in [-0.39, 0.29) is 5.75 Å². The van der Waals surface area contributed by atoms with Crippen LogP contribution in [-0.4, -0.2) is 20.1 Å². The molecule has 0 atom stereocenters. The number of hydrogen-bond acceptors (Lipinski definition) is 3. The molecule has 2 aromatic carbocycles. The second kappa shape index (κ2) is 7.11. The first kappa shape index (κ1) is 17.2. The van der Waals surface area contributed by atoms with Gasteiger partial charge in [-0.25, -0.2) is 4.98 Å². The molecule has 1 heterocycles. The number of nitrogens with zero attached hydrogens (tertiary/aromatic N) is 2. The van der Waals surface area contributed by atoms with Gasteiger partial charge in [0.2, 0.25) is 0 Å². The van der Waals surface area contributed by atoms with E-state index in [1.165, 1.54) is 0 Å². The Hall–Kier alpha value is -2.59. The van der Waals surface area contributed by atoms with Gasteiger partial charge in [0.1, 0.15) is 5.75 Å². The molecule has 0 aliphatic rings. The molecule has 0 saturated heterocycles. The number of rotatable bonds is 4. The van der Waals surface area contributed by atoms with Crippen LogP contribution in [0.5, 0.6) is 5.75 Å². The zero-order valence-electron chi connectivity index (χ0n) is 14.5. The number of aryl methyl sites for hydroxylation is 2. The van der Waals surface area contributed by atoms with Gasteiger partial charge in [0.25, 0.3) is 5.71 Å². The van der Waals surface area contributed by atoms with Crippen molar-refractivity contribution >= 4 is 28.3 Å². The standard InChI is InChI=1S/C20H19ClN2O2/c1-13-8-10-16-6-4-5-7-17(16)18(13)12-25-23(21)15(3)20-19(24)11-9-14(2)22-20/h4-11H,12H2,1-3H3/p+1. The van der Waals surface area contributed by atoms with Gasteiger partial charge in [0.15, 0.2) is 12.3 Å². The molecular formula is C20H20ClN2O2+. The van der Waals surface area contributed by atoms with Gasteiger partial charge in [-0.2, -0.15) is 0 Å². The smallest absolute Gasteiger partial charge is 0.319 e. The third-order valence-electron chi connectivity index (χ3n) is 4.22. The maximum Gasteiger partial charge on any atom is 0.319 e. The first-order chi connectivity index (χ1) is 12.0. The average Bonchev–Trinajstić information content (AvgIpc) is 2.62. The van der Waals surface area contributed by atoms with Crippen LogP contribution in [0.15, 0.2) is 48.5 Å². The third kappa shape index (κ3) is 3.59. The summed E-state index contributed by atoms with van der Waals surface area (Å²) in [5.74, 6) is 0.0682. The van der Waals surface area contributed by atoms with Crippen molar-refractivity contribution in [2.75, 3.05) is 0 Å². The molecule has 3 rings (SSSR count). The predicted octanol–water partition coefficient (Wildman–Crippen LogP) is 4.66. The SMILES string of the molecule is CC(c1nc(C)ccc1O)=[N+](Cl)OCc1c(C)ccc2ccccc12. The molecule has 0 saturated carbocycles. The van der Waals surface area contributed by atoms with Crippen molar-refractivity contribution < 1.29 is 14.2 Å². The Kier molecular flexibility index (Phi) is 4.91. The molecule has 0 fully saturated rings. The van der Waals surface area contributed by atoms with E-state index in [2.05, 4.69) is 29.2 Å². The molecule has 1 N–H and O–H groups in total. The van der Waals surface area contributed by atoms with Gasteiger partial charge in [-0.1, -0.05) is 36.4 Å². The van der Waals surface area contributed by atoms with E-state index < -0.39 is 0 Å². The Morgan fingerprint density at radius 1 is 1.12 bits per heavy atom. The van der Waals surface area contributed by atoms with E-state index in [9.17, 15) is 5.11 Å². The summed E-state index contributed by atoms with van der Waals surface area (Å²) < 4.78 is 1.14. The summed E-state index contributed by atoms with van der Waals surface area (Å²) in [7, 11) is 0. The van der Waals surface area contributed by atoms with Crippen molar-refractivity contribution in [1.29, 1.82) is 0 Å². The van der Waals surface area contributed by atoms with Gasteiger partial charge in [-0.3, -0.25) is 4.84 Å². The van der Waals surface area contributed by atoms with Crippen molar-refractivity contribution in [3.05, 3.63) is 71.0 Å². The van der Waals surface area contributed by atoms with E-state index in [4.69, 9.17) is 16.6 Å². The van der Waals surface area contributed by atoms with Crippen LogP contribution in [0.1, 0.15) is 29.4 Å². The lowest BCUT2D eigenvalue weighted by atomic mass is 10.0. The van der Waals surface area contributed by atoms with E-state index in [0.717, 1.165) is 31.9 Å². The number of aromatic hydroxyl groups is 1. The van der Waals surface area contributed by atoms with Gasteiger partial charge in [-0.15, -0.1) is 0 Å². The zero-order valence-corrected chi connectivity index (χ0v) is 15.2. The van der Waals surface area contributed by atoms with Crippen molar-refractivity contribution in [1.82, 2.24) is 4.98 Å². The fourth-order valence-corrected chi connectivity index (χ4v) is 2.88. The van der Waals surface area contributed by atoms with Gasteiger partial charge >= 0.3 is 11.8 Å². The van der Waals surface area contributed by atoms with Gasteiger partial charge < -0.3 is 5.11 Å². The molecule has 0 radical (unpaired) electrons. The second-order valence-corrected chi connectivity index (χ2v) is 6.31. The lowest BCUT2D eigenvalue weighted by Crippen LogP contribution is -2.14. The monoisotopic (exact) mass is 355 g/mol. The fourth-order valence-electron chi connectivity index (χ4n) is 2.75.